The lowest BCUT2D eigenvalue weighted by atomic mass is 10.1. The van der Waals surface area contributed by atoms with Crippen molar-refractivity contribution in [3.8, 4) is 0 Å². The van der Waals surface area contributed by atoms with Crippen LogP contribution in [0.2, 0.25) is 0 Å². The van der Waals surface area contributed by atoms with Crippen LogP contribution in [0.3, 0.4) is 0 Å². The van der Waals surface area contributed by atoms with Crippen molar-refractivity contribution in [2.24, 2.45) is 0 Å². The fourth-order valence-electron chi connectivity index (χ4n) is 1.90. The smallest absolute Gasteiger partial charge is 0.203 e. The average molecular weight is 308 g/mol. The van der Waals surface area contributed by atoms with Gasteiger partial charge in [0.15, 0.2) is 0 Å². The molecule has 2 rings (SSSR count). The highest BCUT2D eigenvalue weighted by molar-refractivity contribution is 9.10. The lowest BCUT2D eigenvalue weighted by molar-refractivity contribution is 0.638. The Kier molecular flexibility index (Phi) is 4.07. The molecule has 1 aromatic carbocycles. The highest BCUT2D eigenvalue weighted by Gasteiger charge is 2.12. The van der Waals surface area contributed by atoms with Crippen molar-refractivity contribution >= 4 is 21.9 Å². The number of nitrogens with one attached hydrogen (secondary N) is 1. The number of hydrogen-bond acceptors (Lipinski definition) is 2. The Bertz CT molecular complexity index is 502. The predicted octanol–water partition coefficient (Wildman–Crippen LogP) is 4.08. The zero-order valence-electron chi connectivity index (χ0n) is 10.9. The van der Waals surface area contributed by atoms with Crippen LogP contribution >= 0.6 is 15.9 Å². The molecule has 0 radical (unpaired) electrons. The van der Waals surface area contributed by atoms with Crippen molar-refractivity contribution in [2.45, 2.75) is 32.9 Å². The summed E-state index contributed by atoms with van der Waals surface area (Å²) >= 11 is 3.46. The van der Waals surface area contributed by atoms with E-state index in [0.29, 0.717) is 6.04 Å². The molecule has 4 heteroatoms. The van der Waals surface area contributed by atoms with Gasteiger partial charge in [-0.25, -0.2) is 4.98 Å². The van der Waals surface area contributed by atoms with Crippen LogP contribution in [-0.4, -0.2) is 15.6 Å². The molecule has 18 heavy (non-hydrogen) atoms. The van der Waals surface area contributed by atoms with E-state index in [9.17, 15) is 0 Å². The van der Waals surface area contributed by atoms with E-state index in [4.69, 9.17) is 0 Å². The Labute approximate surface area is 116 Å². The minimum atomic E-state index is 0.266. The lowest BCUT2D eigenvalue weighted by Gasteiger charge is -2.18. The van der Waals surface area contributed by atoms with E-state index in [1.807, 2.05) is 12.4 Å². The second-order valence-corrected chi connectivity index (χ2v) is 5.60. The van der Waals surface area contributed by atoms with Crippen LogP contribution in [0, 0.1) is 0 Å². The molecule has 0 aliphatic carbocycles. The molecule has 0 bridgehead atoms. The fourth-order valence-corrected chi connectivity index (χ4v) is 2.16. The molecule has 2 aromatic rings. The molecule has 0 saturated heterocycles. The van der Waals surface area contributed by atoms with Gasteiger partial charge in [0.1, 0.15) is 0 Å². The van der Waals surface area contributed by atoms with Gasteiger partial charge in [-0.3, -0.25) is 0 Å². The largest absolute Gasteiger partial charge is 0.353 e. The molecule has 0 fully saturated rings. The first-order valence-electron chi connectivity index (χ1n) is 6.12. The lowest BCUT2D eigenvalue weighted by Crippen LogP contribution is -2.16. The van der Waals surface area contributed by atoms with Crippen molar-refractivity contribution in [3.05, 3.63) is 46.7 Å². The molecule has 0 aliphatic heterocycles. The number of aromatic nitrogens is 2. The van der Waals surface area contributed by atoms with Gasteiger partial charge < -0.3 is 9.88 Å². The maximum absolute atomic E-state index is 4.36. The third-order valence-corrected chi connectivity index (χ3v) is 3.38. The van der Waals surface area contributed by atoms with E-state index in [0.717, 1.165) is 10.4 Å². The second kappa shape index (κ2) is 5.57. The Morgan fingerprint density at radius 1 is 1.17 bits per heavy atom. The normalized spacial score (nSPS) is 12.7. The second-order valence-electron chi connectivity index (χ2n) is 4.68. The van der Waals surface area contributed by atoms with Gasteiger partial charge >= 0.3 is 0 Å². The summed E-state index contributed by atoms with van der Waals surface area (Å²) in [5, 5.41) is 3.36. The maximum Gasteiger partial charge on any atom is 0.203 e. The van der Waals surface area contributed by atoms with Crippen LogP contribution in [0.15, 0.2) is 41.1 Å². The summed E-state index contributed by atoms with van der Waals surface area (Å²) in [4.78, 5) is 4.36. The average Bonchev–Trinajstić information content (AvgIpc) is 2.76. The van der Waals surface area contributed by atoms with Crippen molar-refractivity contribution in [1.29, 1.82) is 0 Å². The monoisotopic (exact) mass is 307 g/mol. The van der Waals surface area contributed by atoms with Crippen LogP contribution in [0.4, 0.5) is 5.95 Å². The number of benzene rings is 1. The number of halogens is 1. The summed E-state index contributed by atoms with van der Waals surface area (Å²) in [6.45, 7) is 6.41. The molecule has 3 nitrogen and oxygen atoms in total. The molecule has 1 aromatic heterocycles. The first-order chi connectivity index (χ1) is 8.58. The van der Waals surface area contributed by atoms with Crippen molar-refractivity contribution in [2.75, 3.05) is 5.32 Å². The maximum atomic E-state index is 4.36. The molecule has 1 atom stereocenters. The quantitative estimate of drug-likeness (QED) is 0.922. The molecule has 0 saturated carbocycles. The van der Waals surface area contributed by atoms with Gasteiger partial charge in [-0.15, -0.1) is 0 Å². The standard InChI is InChI=1S/C14H18BrN3/c1-10(2)17-14-16-8-9-18(14)11(3)12-4-6-13(15)7-5-12/h4-11H,1-3H3,(H,16,17). The van der Waals surface area contributed by atoms with Crippen molar-refractivity contribution in [1.82, 2.24) is 9.55 Å². The summed E-state index contributed by atoms with van der Waals surface area (Å²) in [6, 6.07) is 9.04. The summed E-state index contributed by atoms with van der Waals surface area (Å²) < 4.78 is 3.26. The summed E-state index contributed by atoms with van der Waals surface area (Å²) in [5.41, 5.74) is 1.27. The fraction of sp³-hybridized carbons (Fsp3) is 0.357. The molecule has 0 amide bonds. The van der Waals surface area contributed by atoms with Gasteiger partial charge in [-0.2, -0.15) is 0 Å². The van der Waals surface area contributed by atoms with E-state index >= 15 is 0 Å². The summed E-state index contributed by atoms with van der Waals surface area (Å²) in [6.07, 6.45) is 3.84. The topological polar surface area (TPSA) is 29.9 Å². The molecule has 0 spiro atoms. The van der Waals surface area contributed by atoms with E-state index in [1.54, 1.807) is 0 Å². The van der Waals surface area contributed by atoms with E-state index in [-0.39, 0.29) is 6.04 Å². The summed E-state index contributed by atoms with van der Waals surface area (Å²) in [5.74, 6) is 0.917. The van der Waals surface area contributed by atoms with Crippen molar-refractivity contribution < 1.29 is 0 Å². The molecule has 1 N–H and O–H groups in total. The minimum absolute atomic E-state index is 0.266. The molecule has 1 heterocycles. The molecule has 1 unspecified atom stereocenters. The SMILES string of the molecule is CC(C)Nc1nccn1C(C)c1ccc(Br)cc1. The molecule has 0 aliphatic rings. The van der Waals surface area contributed by atoms with Gasteiger partial charge in [0.05, 0.1) is 6.04 Å². The molecular formula is C14H18BrN3. The molecular weight excluding hydrogens is 290 g/mol. The van der Waals surface area contributed by atoms with Crippen LogP contribution in [0.1, 0.15) is 32.4 Å². The third-order valence-electron chi connectivity index (χ3n) is 2.86. The van der Waals surface area contributed by atoms with Crippen LogP contribution in [0.25, 0.3) is 0 Å². The van der Waals surface area contributed by atoms with Gasteiger partial charge in [-0.1, -0.05) is 28.1 Å². The molecule has 96 valence electrons. The number of rotatable bonds is 4. The van der Waals surface area contributed by atoms with Gasteiger partial charge in [0.2, 0.25) is 5.95 Å². The van der Waals surface area contributed by atoms with E-state index in [1.165, 1.54) is 5.56 Å². The van der Waals surface area contributed by atoms with E-state index in [2.05, 4.69) is 75.8 Å². The van der Waals surface area contributed by atoms with E-state index < -0.39 is 0 Å². The van der Waals surface area contributed by atoms with Gasteiger partial charge in [-0.05, 0) is 38.5 Å². The van der Waals surface area contributed by atoms with Gasteiger partial charge in [0.25, 0.3) is 0 Å². The first kappa shape index (κ1) is 13.1. The first-order valence-corrected chi connectivity index (χ1v) is 6.92. The van der Waals surface area contributed by atoms with Crippen LogP contribution < -0.4 is 5.32 Å². The minimum Gasteiger partial charge on any atom is -0.353 e. The highest BCUT2D eigenvalue weighted by Crippen LogP contribution is 2.23. The third kappa shape index (κ3) is 2.93. The Morgan fingerprint density at radius 3 is 2.44 bits per heavy atom. The Hall–Kier alpha value is -1.29. The van der Waals surface area contributed by atoms with Crippen molar-refractivity contribution in [3.63, 3.8) is 0 Å². The number of nitrogens with zero attached hydrogens (tertiary/aromatic N) is 2. The number of imidazole rings is 1. The Morgan fingerprint density at radius 2 is 1.83 bits per heavy atom. The zero-order chi connectivity index (χ0) is 13.1. The predicted molar refractivity (Wildman–Crippen MR) is 78.9 cm³/mol. The number of anilines is 1. The van der Waals surface area contributed by atoms with Crippen LogP contribution in [-0.2, 0) is 0 Å². The highest BCUT2D eigenvalue weighted by atomic mass is 79.9. The van der Waals surface area contributed by atoms with Crippen LogP contribution in [0.5, 0.6) is 0 Å². The Balaban J connectivity index is 2.25. The summed E-state index contributed by atoms with van der Waals surface area (Å²) in [7, 11) is 0. The number of hydrogen-bond donors (Lipinski definition) is 1. The van der Waals surface area contributed by atoms with Gasteiger partial charge in [0, 0.05) is 22.9 Å². The zero-order valence-corrected chi connectivity index (χ0v) is 12.5.